The van der Waals surface area contributed by atoms with Crippen molar-refractivity contribution in [3.05, 3.63) is 87.9 Å². The van der Waals surface area contributed by atoms with Crippen LogP contribution in [0.3, 0.4) is 0 Å². The molecule has 0 fully saturated rings. The number of carboxylic acids is 1. The molecule has 6 heteroatoms. The van der Waals surface area contributed by atoms with Gasteiger partial charge in [0.15, 0.2) is 0 Å². The van der Waals surface area contributed by atoms with Crippen LogP contribution >= 0.6 is 15.9 Å². The molecular weight excluding hydrogens is 434 g/mol. The number of hydrogen-bond donors (Lipinski definition) is 3. The van der Waals surface area contributed by atoms with Gasteiger partial charge in [0.25, 0.3) is 0 Å². The molecule has 0 aliphatic carbocycles. The predicted octanol–water partition coefficient (Wildman–Crippen LogP) is 4.31. The van der Waals surface area contributed by atoms with E-state index in [1.165, 1.54) is 0 Å². The molecule has 29 heavy (non-hydrogen) atoms. The second-order valence-electron chi connectivity index (χ2n) is 6.73. The molecule has 0 bridgehead atoms. The van der Waals surface area contributed by atoms with Crippen molar-refractivity contribution in [2.45, 2.75) is 19.1 Å². The Bertz CT molecular complexity index is 1010. The molecule has 0 aliphatic heterocycles. The van der Waals surface area contributed by atoms with Crippen LogP contribution in [0.15, 0.2) is 71.2 Å². The summed E-state index contributed by atoms with van der Waals surface area (Å²) in [5.41, 5.74) is 10.4. The molecule has 0 spiro atoms. The average molecular weight is 456 g/mol. The van der Waals surface area contributed by atoms with Crippen LogP contribution < -0.4 is 10.5 Å². The fraction of sp³-hybridized carbons (Fsp3) is 0.174. The highest BCUT2D eigenvalue weighted by Crippen LogP contribution is 2.28. The van der Waals surface area contributed by atoms with Crippen LogP contribution in [0, 0.1) is 0 Å². The maximum Gasteiger partial charge on any atom is 0.307 e. The molecule has 0 saturated heterocycles. The van der Waals surface area contributed by atoms with Gasteiger partial charge in [-0.2, -0.15) is 0 Å². The van der Waals surface area contributed by atoms with Crippen molar-refractivity contribution in [3.63, 3.8) is 0 Å². The van der Waals surface area contributed by atoms with Gasteiger partial charge in [-0.05, 0) is 52.6 Å². The summed E-state index contributed by atoms with van der Waals surface area (Å²) in [5.74, 6) is -0.334. The lowest BCUT2D eigenvalue weighted by Crippen LogP contribution is -2.14. The number of aliphatic carboxylic acids is 1. The molecule has 3 aromatic rings. The molecule has 1 atom stereocenters. The molecule has 0 aliphatic rings. The fourth-order valence-electron chi connectivity index (χ4n) is 3.07. The van der Waals surface area contributed by atoms with Gasteiger partial charge in [0, 0.05) is 10.0 Å². The summed E-state index contributed by atoms with van der Waals surface area (Å²) in [6.45, 7) is 0.190. The summed E-state index contributed by atoms with van der Waals surface area (Å²) in [6, 6.07) is 20.5. The van der Waals surface area contributed by atoms with Gasteiger partial charge in [-0.3, -0.25) is 4.79 Å². The van der Waals surface area contributed by atoms with Crippen molar-refractivity contribution >= 4 is 21.9 Å². The van der Waals surface area contributed by atoms with E-state index < -0.39 is 12.0 Å². The average Bonchev–Trinajstić information content (AvgIpc) is 2.72. The van der Waals surface area contributed by atoms with Gasteiger partial charge in [-0.25, -0.2) is 0 Å². The molecule has 0 aromatic heterocycles. The van der Waals surface area contributed by atoms with E-state index >= 15 is 0 Å². The highest BCUT2D eigenvalue weighted by Gasteiger charge is 2.10. The lowest BCUT2D eigenvalue weighted by molar-refractivity contribution is -0.136. The predicted molar refractivity (Wildman–Crippen MR) is 116 cm³/mol. The molecule has 0 amide bonds. The first-order valence-corrected chi connectivity index (χ1v) is 9.94. The van der Waals surface area contributed by atoms with Crippen molar-refractivity contribution in [1.82, 2.24) is 0 Å². The van der Waals surface area contributed by atoms with E-state index in [0.29, 0.717) is 17.9 Å². The highest BCUT2D eigenvalue weighted by molar-refractivity contribution is 9.10. The Morgan fingerprint density at radius 2 is 1.83 bits per heavy atom. The number of aliphatic hydroxyl groups is 1. The molecule has 0 radical (unpaired) electrons. The van der Waals surface area contributed by atoms with E-state index in [9.17, 15) is 9.90 Å². The van der Waals surface area contributed by atoms with Crippen LogP contribution in [0.2, 0.25) is 0 Å². The Balaban J connectivity index is 1.83. The monoisotopic (exact) mass is 455 g/mol. The van der Waals surface area contributed by atoms with Crippen molar-refractivity contribution in [2.75, 3.05) is 6.61 Å². The SMILES string of the molecule is NC(CO)c1cccc(-c2cc(Br)cc(COc3ccccc3CC(=O)O)c2)c1. The largest absolute Gasteiger partial charge is 0.489 e. The molecule has 150 valence electrons. The quantitative estimate of drug-likeness (QED) is 0.470. The number of halogens is 1. The van der Waals surface area contributed by atoms with Crippen LogP contribution in [0.25, 0.3) is 11.1 Å². The van der Waals surface area contributed by atoms with Gasteiger partial charge < -0.3 is 20.7 Å². The minimum absolute atomic E-state index is 0.0855. The minimum atomic E-state index is -0.897. The molecule has 0 saturated carbocycles. The van der Waals surface area contributed by atoms with E-state index in [1.807, 2.05) is 48.5 Å². The zero-order valence-electron chi connectivity index (χ0n) is 15.7. The summed E-state index contributed by atoms with van der Waals surface area (Å²) < 4.78 is 6.82. The Hall–Kier alpha value is -2.67. The van der Waals surface area contributed by atoms with Crippen LogP contribution in [-0.4, -0.2) is 22.8 Å². The maximum absolute atomic E-state index is 11.1. The molecular formula is C23H22BrNO4. The van der Waals surface area contributed by atoms with Crippen LogP contribution in [-0.2, 0) is 17.8 Å². The number of benzene rings is 3. The summed E-state index contributed by atoms with van der Waals surface area (Å²) in [5, 5.41) is 18.4. The smallest absolute Gasteiger partial charge is 0.307 e. The van der Waals surface area contributed by atoms with Crippen molar-refractivity contribution in [1.29, 1.82) is 0 Å². The van der Waals surface area contributed by atoms with E-state index in [2.05, 4.69) is 15.9 Å². The second kappa shape index (κ2) is 9.69. The third kappa shape index (κ3) is 5.67. The lowest BCUT2D eigenvalue weighted by Gasteiger charge is -2.13. The molecule has 3 aromatic carbocycles. The lowest BCUT2D eigenvalue weighted by atomic mass is 9.99. The first kappa shape index (κ1) is 21.0. The maximum atomic E-state index is 11.1. The highest BCUT2D eigenvalue weighted by atomic mass is 79.9. The second-order valence-corrected chi connectivity index (χ2v) is 7.65. The first-order valence-electron chi connectivity index (χ1n) is 9.15. The third-order valence-corrected chi connectivity index (χ3v) is 4.97. The number of carbonyl (C=O) groups is 1. The molecule has 3 rings (SSSR count). The standard InChI is InChI=1S/C23H22BrNO4/c24-20-9-15(14-29-22-7-2-1-4-18(22)12-23(27)28)8-19(11-20)16-5-3-6-17(10-16)21(25)13-26/h1-11,21,26H,12-14,25H2,(H,27,28). The Kier molecular flexibility index (Phi) is 7.04. The number of aliphatic hydroxyl groups excluding tert-OH is 1. The van der Waals surface area contributed by atoms with Crippen molar-refractivity contribution in [2.24, 2.45) is 5.73 Å². The first-order chi connectivity index (χ1) is 14.0. The number of carboxylic acid groups (broad SMARTS) is 1. The van der Waals surface area contributed by atoms with Gasteiger partial charge >= 0.3 is 5.97 Å². The Morgan fingerprint density at radius 1 is 1.03 bits per heavy atom. The van der Waals surface area contributed by atoms with Gasteiger partial charge in [-0.1, -0.05) is 52.3 Å². The van der Waals surface area contributed by atoms with E-state index in [0.717, 1.165) is 26.7 Å². The number of hydrogen-bond acceptors (Lipinski definition) is 4. The molecule has 4 N–H and O–H groups in total. The summed E-state index contributed by atoms with van der Waals surface area (Å²) >= 11 is 3.55. The normalized spacial score (nSPS) is 11.8. The summed E-state index contributed by atoms with van der Waals surface area (Å²) in [7, 11) is 0. The molecule has 1 unspecified atom stereocenters. The molecule has 5 nitrogen and oxygen atoms in total. The zero-order valence-corrected chi connectivity index (χ0v) is 17.3. The number of ether oxygens (including phenoxy) is 1. The number of rotatable bonds is 8. The van der Waals surface area contributed by atoms with Crippen LogP contribution in [0.5, 0.6) is 5.75 Å². The zero-order chi connectivity index (χ0) is 20.8. The Labute approximate surface area is 177 Å². The molecule has 0 heterocycles. The number of para-hydroxylation sites is 1. The topological polar surface area (TPSA) is 92.8 Å². The minimum Gasteiger partial charge on any atom is -0.489 e. The van der Waals surface area contributed by atoms with E-state index in [-0.39, 0.29) is 13.0 Å². The van der Waals surface area contributed by atoms with E-state index in [4.69, 9.17) is 15.6 Å². The van der Waals surface area contributed by atoms with Gasteiger partial charge in [0.2, 0.25) is 0 Å². The fourth-order valence-corrected chi connectivity index (χ4v) is 3.61. The van der Waals surface area contributed by atoms with Crippen molar-refractivity contribution in [3.8, 4) is 16.9 Å². The summed E-state index contributed by atoms with van der Waals surface area (Å²) in [4.78, 5) is 11.1. The van der Waals surface area contributed by atoms with Crippen LogP contribution in [0.1, 0.15) is 22.7 Å². The van der Waals surface area contributed by atoms with E-state index in [1.54, 1.807) is 18.2 Å². The number of nitrogens with two attached hydrogens (primary N) is 1. The van der Waals surface area contributed by atoms with Gasteiger partial charge in [0.05, 0.1) is 19.1 Å². The van der Waals surface area contributed by atoms with Gasteiger partial charge in [-0.15, -0.1) is 0 Å². The Morgan fingerprint density at radius 3 is 2.59 bits per heavy atom. The van der Waals surface area contributed by atoms with Crippen molar-refractivity contribution < 1.29 is 19.7 Å². The third-order valence-electron chi connectivity index (χ3n) is 4.51. The summed E-state index contributed by atoms with van der Waals surface area (Å²) in [6.07, 6.45) is -0.0855. The van der Waals surface area contributed by atoms with Crippen LogP contribution in [0.4, 0.5) is 0 Å². The van der Waals surface area contributed by atoms with Gasteiger partial charge in [0.1, 0.15) is 12.4 Å².